The second kappa shape index (κ2) is 9.07. The summed E-state index contributed by atoms with van der Waals surface area (Å²) < 4.78 is 10.2. The van der Waals surface area contributed by atoms with E-state index in [1.54, 1.807) is 6.07 Å². The van der Waals surface area contributed by atoms with Crippen molar-refractivity contribution in [3.63, 3.8) is 0 Å². The van der Waals surface area contributed by atoms with Crippen LogP contribution in [0.2, 0.25) is 0 Å². The lowest BCUT2D eigenvalue weighted by Crippen LogP contribution is -2.42. The Morgan fingerprint density at radius 3 is 2.38 bits per heavy atom. The molecule has 0 aliphatic rings. The van der Waals surface area contributed by atoms with Crippen LogP contribution in [0.25, 0.3) is 0 Å². The largest absolute Gasteiger partial charge is 0.493 e. The molecule has 0 saturated heterocycles. The van der Waals surface area contributed by atoms with Crippen LogP contribution in [0.1, 0.15) is 25.8 Å². The number of methoxy groups -OCH3 is 2. The molecule has 134 valence electrons. The number of hydrogen-bond donors (Lipinski definition) is 2. The fraction of sp³-hybridized carbons (Fsp3) is 0.562. The molecule has 0 aliphatic heterocycles. The molecule has 24 heavy (non-hydrogen) atoms. The SMILES string of the molecule is COc1cc(CCNC(=O)[C@@H](N)CC(C)C)c([N+](=O)[O-])cc1OC. The molecular formula is C16H25N3O5. The van der Waals surface area contributed by atoms with Crippen molar-refractivity contribution in [2.45, 2.75) is 32.7 Å². The lowest BCUT2D eigenvalue weighted by Gasteiger charge is -2.14. The van der Waals surface area contributed by atoms with Gasteiger partial charge in [-0.25, -0.2) is 0 Å². The Kier molecular flexibility index (Phi) is 7.44. The van der Waals surface area contributed by atoms with Crippen LogP contribution in [0, 0.1) is 16.0 Å². The first kappa shape index (κ1) is 19.7. The Hall–Kier alpha value is -2.35. The van der Waals surface area contributed by atoms with E-state index in [1.165, 1.54) is 20.3 Å². The predicted octanol–water partition coefficient (Wildman–Crippen LogP) is 1.64. The molecule has 8 nitrogen and oxygen atoms in total. The number of carbonyl (C=O) groups is 1. The van der Waals surface area contributed by atoms with Gasteiger partial charge in [-0.15, -0.1) is 0 Å². The van der Waals surface area contributed by atoms with Gasteiger partial charge in [0.2, 0.25) is 5.91 Å². The Labute approximate surface area is 141 Å². The van der Waals surface area contributed by atoms with Gasteiger partial charge in [0.1, 0.15) is 0 Å². The number of nitrogens with one attached hydrogen (secondary N) is 1. The van der Waals surface area contributed by atoms with Gasteiger partial charge in [-0.05, 0) is 24.8 Å². The highest BCUT2D eigenvalue weighted by molar-refractivity contribution is 5.81. The normalized spacial score (nSPS) is 11.9. The van der Waals surface area contributed by atoms with Crippen molar-refractivity contribution in [1.29, 1.82) is 0 Å². The van der Waals surface area contributed by atoms with Crippen LogP contribution >= 0.6 is 0 Å². The van der Waals surface area contributed by atoms with Crippen molar-refractivity contribution in [2.75, 3.05) is 20.8 Å². The fourth-order valence-corrected chi connectivity index (χ4v) is 2.35. The van der Waals surface area contributed by atoms with Gasteiger partial charge in [0.15, 0.2) is 11.5 Å². The molecule has 0 saturated carbocycles. The van der Waals surface area contributed by atoms with Gasteiger partial charge < -0.3 is 20.5 Å². The van der Waals surface area contributed by atoms with Crippen molar-refractivity contribution in [1.82, 2.24) is 5.32 Å². The molecule has 0 heterocycles. The first-order chi connectivity index (χ1) is 11.3. The van der Waals surface area contributed by atoms with Crippen LogP contribution in [0.15, 0.2) is 12.1 Å². The van der Waals surface area contributed by atoms with Crippen molar-refractivity contribution < 1.29 is 19.2 Å². The summed E-state index contributed by atoms with van der Waals surface area (Å²) in [4.78, 5) is 22.6. The average Bonchev–Trinajstić information content (AvgIpc) is 2.53. The Bertz CT molecular complexity index is 589. The zero-order valence-corrected chi connectivity index (χ0v) is 14.5. The fourth-order valence-electron chi connectivity index (χ4n) is 2.35. The number of hydrogen-bond acceptors (Lipinski definition) is 6. The molecule has 3 N–H and O–H groups in total. The molecular weight excluding hydrogens is 314 g/mol. The average molecular weight is 339 g/mol. The summed E-state index contributed by atoms with van der Waals surface area (Å²) in [5.41, 5.74) is 6.18. The molecule has 0 aliphatic carbocycles. The van der Waals surface area contributed by atoms with E-state index in [0.29, 0.717) is 23.7 Å². The van der Waals surface area contributed by atoms with Crippen molar-refractivity contribution in [3.8, 4) is 11.5 Å². The van der Waals surface area contributed by atoms with Gasteiger partial charge in [0, 0.05) is 12.1 Å². The molecule has 0 aromatic heterocycles. The van der Waals surface area contributed by atoms with Gasteiger partial charge in [-0.1, -0.05) is 13.8 Å². The maximum absolute atomic E-state index is 11.9. The molecule has 1 atom stereocenters. The zero-order valence-electron chi connectivity index (χ0n) is 14.5. The minimum Gasteiger partial charge on any atom is -0.493 e. The van der Waals surface area contributed by atoms with E-state index in [2.05, 4.69) is 5.32 Å². The number of carbonyl (C=O) groups excluding carboxylic acids is 1. The summed E-state index contributed by atoms with van der Waals surface area (Å²) in [6.07, 6.45) is 0.874. The molecule has 0 radical (unpaired) electrons. The van der Waals surface area contributed by atoms with Crippen molar-refractivity contribution in [3.05, 3.63) is 27.8 Å². The predicted molar refractivity (Wildman–Crippen MR) is 90.3 cm³/mol. The van der Waals surface area contributed by atoms with Crippen LogP contribution in [-0.4, -0.2) is 37.6 Å². The Balaban J connectivity index is 2.80. The molecule has 0 unspecified atom stereocenters. The van der Waals surface area contributed by atoms with Crippen LogP contribution in [0.3, 0.4) is 0 Å². The Morgan fingerprint density at radius 2 is 1.88 bits per heavy atom. The van der Waals surface area contributed by atoms with Gasteiger partial charge >= 0.3 is 0 Å². The standard InChI is InChI=1S/C16H25N3O5/c1-10(2)7-12(17)16(20)18-6-5-11-8-14(23-3)15(24-4)9-13(11)19(21)22/h8-10,12H,5-7,17H2,1-4H3,(H,18,20)/t12-/m0/s1. The highest BCUT2D eigenvalue weighted by Gasteiger charge is 2.20. The van der Waals surface area contributed by atoms with E-state index in [0.717, 1.165) is 0 Å². The third kappa shape index (κ3) is 5.38. The second-order valence-electron chi connectivity index (χ2n) is 5.87. The Morgan fingerprint density at radius 1 is 1.29 bits per heavy atom. The summed E-state index contributed by atoms with van der Waals surface area (Å²) >= 11 is 0. The van der Waals surface area contributed by atoms with Crippen molar-refractivity contribution in [2.24, 2.45) is 11.7 Å². The van der Waals surface area contributed by atoms with E-state index in [9.17, 15) is 14.9 Å². The molecule has 8 heteroatoms. The molecule has 1 aromatic carbocycles. The summed E-state index contributed by atoms with van der Waals surface area (Å²) in [5.74, 6) is 0.751. The summed E-state index contributed by atoms with van der Waals surface area (Å²) in [5, 5.41) is 13.9. The quantitative estimate of drug-likeness (QED) is 0.522. The van der Waals surface area contributed by atoms with Gasteiger partial charge in [-0.2, -0.15) is 0 Å². The maximum Gasteiger partial charge on any atom is 0.276 e. The van der Waals surface area contributed by atoms with Gasteiger partial charge in [0.05, 0.1) is 31.3 Å². The van der Waals surface area contributed by atoms with E-state index in [-0.39, 0.29) is 30.3 Å². The molecule has 0 bridgehead atoms. The van der Waals surface area contributed by atoms with Crippen LogP contribution in [-0.2, 0) is 11.2 Å². The first-order valence-electron chi connectivity index (χ1n) is 7.72. The lowest BCUT2D eigenvalue weighted by molar-refractivity contribution is -0.385. The minimum atomic E-state index is -0.578. The molecule has 1 rings (SSSR count). The van der Waals surface area contributed by atoms with Crippen LogP contribution < -0.4 is 20.5 Å². The highest BCUT2D eigenvalue weighted by Crippen LogP contribution is 2.34. The smallest absolute Gasteiger partial charge is 0.276 e. The number of rotatable bonds is 9. The summed E-state index contributed by atoms with van der Waals surface area (Å²) in [6, 6.07) is 2.29. The highest BCUT2D eigenvalue weighted by atomic mass is 16.6. The molecule has 0 spiro atoms. The number of benzene rings is 1. The van der Waals surface area contributed by atoms with Gasteiger partial charge in [-0.3, -0.25) is 14.9 Å². The number of nitrogens with zero attached hydrogens (tertiary/aromatic N) is 1. The number of nitro groups is 1. The van der Waals surface area contributed by atoms with Gasteiger partial charge in [0.25, 0.3) is 5.69 Å². The zero-order chi connectivity index (χ0) is 18.3. The minimum absolute atomic E-state index is 0.0756. The number of nitrogens with two attached hydrogens (primary N) is 1. The van der Waals surface area contributed by atoms with E-state index < -0.39 is 11.0 Å². The van der Waals surface area contributed by atoms with Crippen LogP contribution in [0.4, 0.5) is 5.69 Å². The maximum atomic E-state index is 11.9. The van der Waals surface area contributed by atoms with Crippen LogP contribution in [0.5, 0.6) is 11.5 Å². The summed E-state index contributed by atoms with van der Waals surface area (Å²) in [6.45, 7) is 4.22. The molecule has 1 aromatic rings. The van der Waals surface area contributed by atoms with Crippen molar-refractivity contribution >= 4 is 11.6 Å². The molecule has 1 amide bonds. The molecule has 0 fully saturated rings. The second-order valence-corrected chi connectivity index (χ2v) is 5.87. The van der Waals surface area contributed by atoms with E-state index >= 15 is 0 Å². The first-order valence-corrected chi connectivity index (χ1v) is 7.72. The lowest BCUT2D eigenvalue weighted by atomic mass is 10.0. The number of ether oxygens (including phenoxy) is 2. The monoisotopic (exact) mass is 339 g/mol. The third-order valence-electron chi connectivity index (χ3n) is 3.54. The number of nitro benzene ring substituents is 1. The topological polar surface area (TPSA) is 117 Å². The summed E-state index contributed by atoms with van der Waals surface area (Å²) in [7, 11) is 2.87. The third-order valence-corrected chi connectivity index (χ3v) is 3.54. The number of amides is 1. The van der Waals surface area contributed by atoms with E-state index in [4.69, 9.17) is 15.2 Å². The van der Waals surface area contributed by atoms with E-state index in [1.807, 2.05) is 13.8 Å².